The van der Waals surface area contributed by atoms with Gasteiger partial charge in [0, 0.05) is 32.3 Å². The molecule has 4 rings (SSSR count). The number of halogens is 4. The summed E-state index contributed by atoms with van der Waals surface area (Å²) in [5, 5.41) is -0.342. The molecule has 0 bridgehead atoms. The normalized spacial score (nSPS) is 16.9. The van der Waals surface area contributed by atoms with Gasteiger partial charge in [0.1, 0.15) is 0 Å². The summed E-state index contributed by atoms with van der Waals surface area (Å²) in [7, 11) is 0. The number of aromatic nitrogens is 2. The van der Waals surface area contributed by atoms with E-state index in [2.05, 4.69) is 14.9 Å². The second-order valence-electron chi connectivity index (χ2n) is 7.62. The predicted molar refractivity (Wildman–Crippen MR) is 109 cm³/mol. The zero-order valence-corrected chi connectivity index (χ0v) is 17.5. The molecule has 1 saturated heterocycles. The number of carbonyl (C=O) groups excluding carboxylic acids is 1. The topological polar surface area (TPSA) is 58.6 Å². The molecule has 10 heteroatoms. The Morgan fingerprint density at radius 2 is 1.97 bits per heavy atom. The van der Waals surface area contributed by atoms with Crippen molar-refractivity contribution in [1.82, 2.24) is 14.9 Å². The molecule has 6 nitrogen and oxygen atoms in total. The lowest BCUT2D eigenvalue weighted by molar-refractivity contribution is -0.137. The molecule has 1 amide bonds. The van der Waals surface area contributed by atoms with Crippen LogP contribution in [0.4, 0.5) is 19.1 Å². The number of ether oxygens (including phenoxy) is 1. The van der Waals surface area contributed by atoms with Gasteiger partial charge in [0.2, 0.25) is 11.9 Å². The zero-order valence-electron chi connectivity index (χ0n) is 16.8. The SMILES string of the molecule is O=C(CCc1ccc(Cl)c(C(F)(F)F)c1)N1CCc2cnc(N3CCOCC3)nc2C1. The third-order valence-corrected chi connectivity index (χ3v) is 5.87. The average molecular weight is 455 g/mol. The highest BCUT2D eigenvalue weighted by Gasteiger charge is 2.33. The van der Waals surface area contributed by atoms with Crippen molar-refractivity contribution < 1.29 is 22.7 Å². The van der Waals surface area contributed by atoms with Gasteiger partial charge in [0.15, 0.2) is 0 Å². The van der Waals surface area contributed by atoms with Gasteiger partial charge in [-0.2, -0.15) is 13.2 Å². The summed E-state index contributed by atoms with van der Waals surface area (Å²) in [6.45, 7) is 3.63. The minimum absolute atomic E-state index is 0.110. The van der Waals surface area contributed by atoms with E-state index in [4.69, 9.17) is 16.3 Å². The molecule has 0 N–H and O–H groups in total. The number of carbonyl (C=O) groups is 1. The Labute approximate surface area is 183 Å². The van der Waals surface area contributed by atoms with E-state index in [0.29, 0.717) is 44.2 Å². The number of rotatable bonds is 4. The number of amides is 1. The Morgan fingerprint density at radius 1 is 1.19 bits per heavy atom. The maximum absolute atomic E-state index is 13.0. The minimum atomic E-state index is -4.52. The first-order chi connectivity index (χ1) is 14.8. The van der Waals surface area contributed by atoms with Crippen LogP contribution in [0, 0.1) is 0 Å². The standard InChI is InChI=1S/C21H22ClF3N4O2/c22-17-3-1-14(11-16(17)21(23,24)25)2-4-19(30)29-6-5-15-12-26-20(27-18(15)13-29)28-7-9-31-10-8-28/h1,3,11-12H,2,4-10,13H2. The van der Waals surface area contributed by atoms with Gasteiger partial charge in [-0.05, 0) is 36.1 Å². The molecule has 3 heterocycles. The third-order valence-electron chi connectivity index (χ3n) is 5.54. The second-order valence-corrected chi connectivity index (χ2v) is 8.03. The number of morpholine rings is 1. The lowest BCUT2D eigenvalue weighted by Gasteiger charge is -2.31. The number of alkyl halides is 3. The van der Waals surface area contributed by atoms with Gasteiger partial charge in [0.05, 0.1) is 36.0 Å². The molecule has 1 fully saturated rings. The van der Waals surface area contributed by atoms with Crippen LogP contribution in [0.5, 0.6) is 0 Å². The van der Waals surface area contributed by atoms with Crippen LogP contribution in [0.15, 0.2) is 24.4 Å². The maximum atomic E-state index is 13.0. The lowest BCUT2D eigenvalue weighted by Crippen LogP contribution is -2.39. The Bertz CT molecular complexity index is 964. The molecule has 166 valence electrons. The molecule has 0 saturated carbocycles. The maximum Gasteiger partial charge on any atom is 0.417 e. The van der Waals surface area contributed by atoms with Crippen molar-refractivity contribution in [3.63, 3.8) is 0 Å². The molecule has 0 spiro atoms. The molecule has 31 heavy (non-hydrogen) atoms. The van der Waals surface area contributed by atoms with Gasteiger partial charge in [0.25, 0.3) is 0 Å². The summed E-state index contributed by atoms with van der Waals surface area (Å²) >= 11 is 5.66. The van der Waals surface area contributed by atoms with Crippen LogP contribution in [-0.4, -0.2) is 53.6 Å². The highest BCUT2D eigenvalue weighted by molar-refractivity contribution is 6.31. The fourth-order valence-electron chi connectivity index (χ4n) is 3.78. The fraction of sp³-hybridized carbons (Fsp3) is 0.476. The van der Waals surface area contributed by atoms with E-state index in [-0.39, 0.29) is 23.8 Å². The first-order valence-corrected chi connectivity index (χ1v) is 10.5. The number of aryl methyl sites for hydroxylation is 1. The number of fused-ring (bicyclic) bond motifs is 1. The Hall–Kier alpha value is -2.39. The number of anilines is 1. The van der Waals surface area contributed by atoms with E-state index >= 15 is 0 Å². The van der Waals surface area contributed by atoms with Gasteiger partial charge >= 0.3 is 6.18 Å². The van der Waals surface area contributed by atoms with Crippen molar-refractivity contribution in [3.8, 4) is 0 Å². The summed E-state index contributed by atoms with van der Waals surface area (Å²) < 4.78 is 44.5. The molecular formula is C21H22ClF3N4O2. The number of nitrogens with zero attached hydrogens (tertiary/aromatic N) is 4. The van der Waals surface area contributed by atoms with E-state index in [9.17, 15) is 18.0 Å². The van der Waals surface area contributed by atoms with Crippen LogP contribution in [0.2, 0.25) is 5.02 Å². The lowest BCUT2D eigenvalue weighted by atomic mass is 10.0. The van der Waals surface area contributed by atoms with E-state index in [1.54, 1.807) is 4.90 Å². The van der Waals surface area contributed by atoms with Crippen molar-refractivity contribution >= 4 is 23.5 Å². The summed E-state index contributed by atoms with van der Waals surface area (Å²) in [5.74, 6) is 0.526. The largest absolute Gasteiger partial charge is 0.417 e. The summed E-state index contributed by atoms with van der Waals surface area (Å²) in [6, 6.07) is 3.77. The summed E-state index contributed by atoms with van der Waals surface area (Å²) in [6.07, 6.45) is -1.71. The molecule has 2 aliphatic rings. The molecule has 2 aromatic rings. The molecule has 0 aliphatic carbocycles. The van der Waals surface area contributed by atoms with Gasteiger partial charge in [-0.15, -0.1) is 0 Å². The Balaban J connectivity index is 1.40. The quantitative estimate of drug-likeness (QED) is 0.707. The molecule has 1 aromatic heterocycles. The number of hydrogen-bond acceptors (Lipinski definition) is 5. The van der Waals surface area contributed by atoms with Gasteiger partial charge in [-0.1, -0.05) is 17.7 Å². The predicted octanol–water partition coefficient (Wildman–Crippen LogP) is 3.50. The average Bonchev–Trinajstić information content (AvgIpc) is 2.77. The van der Waals surface area contributed by atoms with Crippen molar-refractivity contribution in [2.45, 2.75) is 32.0 Å². The van der Waals surface area contributed by atoms with Crippen molar-refractivity contribution in [1.29, 1.82) is 0 Å². The minimum Gasteiger partial charge on any atom is -0.378 e. The summed E-state index contributed by atoms with van der Waals surface area (Å²) in [5.41, 5.74) is 1.40. The van der Waals surface area contributed by atoms with E-state index in [1.807, 2.05) is 6.20 Å². The highest BCUT2D eigenvalue weighted by atomic mass is 35.5. The Morgan fingerprint density at radius 3 is 2.71 bits per heavy atom. The van der Waals surface area contributed by atoms with Crippen LogP contribution in [0.1, 0.15) is 28.8 Å². The fourth-order valence-corrected chi connectivity index (χ4v) is 4.00. The molecule has 0 radical (unpaired) electrons. The Kier molecular flexibility index (Phi) is 6.34. The van der Waals surface area contributed by atoms with Gasteiger partial charge in [-0.3, -0.25) is 4.79 Å². The van der Waals surface area contributed by atoms with Crippen LogP contribution in [0.3, 0.4) is 0 Å². The monoisotopic (exact) mass is 454 g/mol. The van der Waals surface area contributed by atoms with Crippen LogP contribution in [0.25, 0.3) is 0 Å². The molecule has 0 atom stereocenters. The molecule has 1 aromatic carbocycles. The first-order valence-electron chi connectivity index (χ1n) is 10.1. The number of benzene rings is 1. The number of hydrogen-bond donors (Lipinski definition) is 0. The first kappa shape index (κ1) is 21.8. The molecule has 0 unspecified atom stereocenters. The highest BCUT2D eigenvalue weighted by Crippen LogP contribution is 2.35. The summed E-state index contributed by atoms with van der Waals surface area (Å²) in [4.78, 5) is 25.6. The van der Waals surface area contributed by atoms with Crippen LogP contribution in [-0.2, 0) is 35.1 Å². The van der Waals surface area contributed by atoms with Crippen LogP contribution >= 0.6 is 11.6 Å². The van der Waals surface area contributed by atoms with Crippen LogP contribution < -0.4 is 4.90 Å². The van der Waals surface area contributed by atoms with Crippen molar-refractivity contribution in [3.05, 3.63) is 51.8 Å². The van der Waals surface area contributed by atoms with Crippen molar-refractivity contribution in [2.75, 3.05) is 37.7 Å². The zero-order chi connectivity index (χ0) is 22.0. The molecular weight excluding hydrogens is 433 g/mol. The van der Waals surface area contributed by atoms with Gasteiger partial charge < -0.3 is 14.5 Å². The van der Waals surface area contributed by atoms with Gasteiger partial charge in [-0.25, -0.2) is 9.97 Å². The molecule has 2 aliphatic heterocycles. The van der Waals surface area contributed by atoms with E-state index in [0.717, 1.165) is 30.4 Å². The van der Waals surface area contributed by atoms with Crippen molar-refractivity contribution in [2.24, 2.45) is 0 Å². The third kappa shape index (κ3) is 5.10. The smallest absolute Gasteiger partial charge is 0.378 e. The van der Waals surface area contributed by atoms with E-state index in [1.165, 1.54) is 12.1 Å². The van der Waals surface area contributed by atoms with E-state index < -0.39 is 11.7 Å². The second kappa shape index (κ2) is 9.00.